The van der Waals surface area contributed by atoms with E-state index in [0.717, 1.165) is 33.5 Å². The number of amides is 2. The fourth-order valence-electron chi connectivity index (χ4n) is 3.21. The van der Waals surface area contributed by atoms with Gasteiger partial charge in [-0.1, -0.05) is 23.5 Å². The molecule has 0 saturated heterocycles. The van der Waals surface area contributed by atoms with E-state index in [9.17, 15) is 18.0 Å². The molecule has 4 N–H and O–H groups in total. The quantitative estimate of drug-likeness (QED) is 0.521. The number of aromatic nitrogens is 2. The third kappa shape index (κ3) is 5.02. The van der Waals surface area contributed by atoms with Crippen LogP contribution in [-0.4, -0.2) is 46.6 Å². The van der Waals surface area contributed by atoms with Crippen LogP contribution in [0.5, 0.6) is 0 Å². The molecule has 12 heteroatoms. The van der Waals surface area contributed by atoms with Gasteiger partial charge in [0, 0.05) is 35.8 Å². The van der Waals surface area contributed by atoms with Crippen molar-refractivity contribution in [2.75, 3.05) is 23.7 Å². The van der Waals surface area contributed by atoms with E-state index < -0.39 is 18.8 Å². The van der Waals surface area contributed by atoms with Crippen molar-refractivity contribution in [1.29, 1.82) is 0 Å². The van der Waals surface area contributed by atoms with E-state index in [1.54, 1.807) is 23.5 Å². The van der Waals surface area contributed by atoms with Gasteiger partial charge < -0.3 is 26.2 Å². The zero-order chi connectivity index (χ0) is 22.7. The Morgan fingerprint density at radius 2 is 2.16 bits per heavy atom. The lowest BCUT2D eigenvalue weighted by molar-refractivity contribution is -0.122. The third-order valence-electron chi connectivity index (χ3n) is 4.59. The molecule has 1 aromatic heterocycles. The van der Waals surface area contributed by atoms with Gasteiger partial charge in [-0.05, 0) is 31.2 Å². The summed E-state index contributed by atoms with van der Waals surface area (Å²) in [5.41, 5.74) is 2.98. The Hall–Kier alpha value is -3.54. The number of carbonyl (C=O) groups is 1. The molecule has 168 valence electrons. The van der Waals surface area contributed by atoms with Crippen molar-refractivity contribution in [3.8, 4) is 0 Å². The second-order valence-corrected chi connectivity index (χ2v) is 7.91. The van der Waals surface area contributed by atoms with Crippen LogP contribution in [0.25, 0.3) is 11.3 Å². The molecule has 2 aliphatic rings. The van der Waals surface area contributed by atoms with Crippen LogP contribution < -0.4 is 21.3 Å². The van der Waals surface area contributed by atoms with Gasteiger partial charge in [0.25, 0.3) is 0 Å². The van der Waals surface area contributed by atoms with Gasteiger partial charge in [0.05, 0.1) is 5.70 Å². The van der Waals surface area contributed by atoms with Gasteiger partial charge in [0.2, 0.25) is 5.13 Å². The van der Waals surface area contributed by atoms with Gasteiger partial charge in [-0.15, -0.1) is 10.2 Å². The summed E-state index contributed by atoms with van der Waals surface area (Å²) >= 11 is 1.48. The highest BCUT2D eigenvalue weighted by atomic mass is 32.1. The number of urea groups is 1. The Bertz CT molecular complexity index is 1090. The molecule has 0 spiro atoms. The summed E-state index contributed by atoms with van der Waals surface area (Å²) < 4.78 is 36.8. The minimum Gasteiger partial charge on any atom is -0.366 e. The Kier molecular flexibility index (Phi) is 6.04. The predicted octanol–water partition coefficient (Wildman–Crippen LogP) is 3.79. The molecule has 3 heterocycles. The van der Waals surface area contributed by atoms with Crippen molar-refractivity contribution in [2.45, 2.75) is 19.3 Å². The molecular formula is C20H20F3N7OS. The van der Waals surface area contributed by atoms with Gasteiger partial charge in [0.15, 0.2) is 0 Å². The molecule has 2 aromatic rings. The lowest BCUT2D eigenvalue weighted by Crippen LogP contribution is -2.36. The zero-order valence-electron chi connectivity index (χ0n) is 16.9. The van der Waals surface area contributed by atoms with Crippen LogP contribution in [0.4, 0.5) is 28.8 Å². The molecule has 2 aliphatic heterocycles. The fourth-order valence-corrected chi connectivity index (χ4v) is 4.02. The maximum Gasteiger partial charge on any atom is 0.405 e. The van der Waals surface area contributed by atoms with E-state index >= 15 is 0 Å². The second-order valence-electron chi connectivity index (χ2n) is 6.93. The van der Waals surface area contributed by atoms with E-state index in [0.29, 0.717) is 5.69 Å². The number of halogens is 3. The second kappa shape index (κ2) is 8.91. The van der Waals surface area contributed by atoms with Gasteiger partial charge >= 0.3 is 12.2 Å². The number of fused-ring (bicyclic) bond motifs is 1. The first kappa shape index (κ1) is 21.7. The number of alkyl halides is 3. The lowest BCUT2D eigenvalue weighted by atomic mass is 10.1. The number of allylic oxidation sites excluding steroid dienone is 2. The first-order valence-corrected chi connectivity index (χ1v) is 10.6. The molecule has 0 radical (unpaired) electrons. The predicted molar refractivity (Wildman–Crippen MR) is 117 cm³/mol. The Balaban J connectivity index is 1.43. The summed E-state index contributed by atoms with van der Waals surface area (Å²) in [6, 6.07) is 5.97. The maximum absolute atomic E-state index is 12.3. The Morgan fingerprint density at radius 3 is 2.94 bits per heavy atom. The average molecular weight is 463 g/mol. The Morgan fingerprint density at radius 1 is 1.31 bits per heavy atom. The lowest BCUT2D eigenvalue weighted by Gasteiger charge is -2.27. The normalized spacial score (nSPS) is 17.2. The number of hydrogen-bond acceptors (Lipinski definition) is 7. The first-order valence-electron chi connectivity index (χ1n) is 9.77. The van der Waals surface area contributed by atoms with Gasteiger partial charge in [-0.2, -0.15) is 13.2 Å². The number of carbonyl (C=O) groups excluding carboxylic acids is 1. The molecule has 32 heavy (non-hydrogen) atoms. The largest absolute Gasteiger partial charge is 0.405 e. The number of nitrogens with zero attached hydrogens (tertiary/aromatic N) is 3. The van der Waals surface area contributed by atoms with Crippen molar-refractivity contribution in [3.63, 3.8) is 0 Å². The number of anilines is 2. The molecule has 2 amide bonds. The SMILES string of the molecule is CCNc1nnc(C2=CC3NC=C(c4cccc(NC(=O)NCC(F)(F)F)c4)N3C=C2)s1. The molecule has 0 fully saturated rings. The van der Waals surface area contributed by atoms with E-state index in [2.05, 4.69) is 26.1 Å². The molecular weight excluding hydrogens is 443 g/mol. The summed E-state index contributed by atoms with van der Waals surface area (Å²) in [5.74, 6) is 0. The Labute approximate surface area is 185 Å². The summed E-state index contributed by atoms with van der Waals surface area (Å²) in [5, 5.41) is 20.6. The highest BCUT2D eigenvalue weighted by molar-refractivity contribution is 7.16. The van der Waals surface area contributed by atoms with Crippen LogP contribution >= 0.6 is 11.3 Å². The van der Waals surface area contributed by atoms with Crippen molar-refractivity contribution in [3.05, 3.63) is 59.4 Å². The number of benzene rings is 1. The molecule has 1 unspecified atom stereocenters. The van der Waals surface area contributed by atoms with Crippen molar-refractivity contribution in [2.24, 2.45) is 0 Å². The summed E-state index contributed by atoms with van der Waals surface area (Å²) in [4.78, 5) is 13.8. The smallest absolute Gasteiger partial charge is 0.366 e. The van der Waals surface area contributed by atoms with E-state index in [-0.39, 0.29) is 6.17 Å². The van der Waals surface area contributed by atoms with Crippen LogP contribution in [0.2, 0.25) is 0 Å². The molecule has 0 aliphatic carbocycles. The summed E-state index contributed by atoms with van der Waals surface area (Å²) in [6.07, 6.45) is 3.16. The summed E-state index contributed by atoms with van der Waals surface area (Å²) in [7, 11) is 0. The monoisotopic (exact) mass is 463 g/mol. The molecule has 0 bridgehead atoms. The topological polar surface area (TPSA) is 94.2 Å². The molecule has 4 rings (SSSR count). The first-order chi connectivity index (χ1) is 15.3. The minimum absolute atomic E-state index is 0.122. The van der Waals surface area contributed by atoms with Crippen LogP contribution in [-0.2, 0) is 0 Å². The fraction of sp³-hybridized carbons (Fsp3) is 0.250. The van der Waals surface area contributed by atoms with Gasteiger partial charge in [-0.3, -0.25) is 0 Å². The van der Waals surface area contributed by atoms with Crippen LogP contribution in [0, 0.1) is 0 Å². The highest BCUT2D eigenvalue weighted by Gasteiger charge is 2.28. The zero-order valence-corrected chi connectivity index (χ0v) is 17.7. The van der Waals surface area contributed by atoms with Crippen molar-refractivity contribution >= 4 is 39.5 Å². The molecule has 8 nitrogen and oxygen atoms in total. The van der Waals surface area contributed by atoms with Crippen molar-refractivity contribution in [1.82, 2.24) is 25.7 Å². The average Bonchev–Trinajstić information content (AvgIpc) is 3.39. The van der Waals surface area contributed by atoms with E-state index in [1.807, 2.05) is 42.4 Å². The maximum atomic E-state index is 12.3. The van der Waals surface area contributed by atoms with Crippen molar-refractivity contribution < 1.29 is 18.0 Å². The van der Waals surface area contributed by atoms with Crippen LogP contribution in [0.15, 0.2) is 48.8 Å². The third-order valence-corrected chi connectivity index (χ3v) is 5.52. The molecule has 1 aromatic carbocycles. The minimum atomic E-state index is -4.47. The number of hydrogen-bond donors (Lipinski definition) is 4. The van der Waals surface area contributed by atoms with Gasteiger partial charge in [-0.25, -0.2) is 4.79 Å². The van der Waals surface area contributed by atoms with Crippen LogP contribution in [0.3, 0.4) is 0 Å². The molecule has 1 atom stereocenters. The van der Waals surface area contributed by atoms with Gasteiger partial charge in [0.1, 0.15) is 17.7 Å². The van der Waals surface area contributed by atoms with Crippen LogP contribution in [0.1, 0.15) is 17.5 Å². The summed E-state index contributed by atoms with van der Waals surface area (Å²) in [6.45, 7) is 1.37. The molecule has 0 saturated carbocycles. The number of nitrogens with one attached hydrogen (secondary N) is 4. The number of rotatable bonds is 6. The van der Waals surface area contributed by atoms with E-state index in [1.165, 1.54) is 11.3 Å². The standard InChI is InChI=1S/C20H20F3N7OS/c1-2-24-19-29-28-17(32-19)13-6-7-30-15(10-25-16(30)9-13)12-4-3-5-14(8-12)27-18(31)26-11-20(21,22)23/h3-10,16,25H,2,11H2,1H3,(H,24,29)(H2,26,27,31). The van der Waals surface area contributed by atoms with E-state index in [4.69, 9.17) is 0 Å². The highest BCUT2D eigenvalue weighted by Crippen LogP contribution is 2.33.